The van der Waals surface area contributed by atoms with Crippen LogP contribution < -0.4 is 5.32 Å². The Kier molecular flexibility index (Phi) is 4.32. The van der Waals surface area contributed by atoms with Crippen LogP contribution in [0.3, 0.4) is 0 Å². The molecule has 106 valence electrons. The molecule has 2 nitrogen and oxygen atoms in total. The fraction of sp³-hybridized carbons (Fsp3) is 0.647. The summed E-state index contributed by atoms with van der Waals surface area (Å²) in [5, 5.41) is 14.2. The smallest absolute Gasteiger partial charge is 0.0992 e. The maximum absolute atomic E-state index is 10.6. The third-order valence-electron chi connectivity index (χ3n) is 4.60. The van der Waals surface area contributed by atoms with Crippen LogP contribution in [0.1, 0.15) is 52.0 Å². The van der Waals surface area contributed by atoms with Crippen molar-refractivity contribution >= 4 is 0 Å². The average Bonchev–Trinajstić information content (AvgIpc) is 2.38. The van der Waals surface area contributed by atoms with E-state index in [9.17, 15) is 5.11 Å². The fourth-order valence-corrected chi connectivity index (χ4v) is 3.09. The Balaban J connectivity index is 1.98. The summed E-state index contributed by atoms with van der Waals surface area (Å²) in [7, 11) is 0. The minimum atomic E-state index is -0.797. The molecule has 0 aromatic heterocycles. The van der Waals surface area contributed by atoms with Crippen LogP contribution in [-0.4, -0.2) is 17.7 Å². The van der Waals surface area contributed by atoms with Gasteiger partial charge >= 0.3 is 0 Å². The summed E-state index contributed by atoms with van der Waals surface area (Å²) in [6, 6.07) is 10.4. The van der Waals surface area contributed by atoms with E-state index in [1.807, 2.05) is 37.3 Å². The number of nitrogens with one attached hydrogen (secondary N) is 1. The predicted octanol–water partition coefficient (Wildman–Crippen LogP) is 3.45. The normalized spacial score (nSPS) is 25.8. The molecule has 1 aromatic carbocycles. The Bertz CT molecular complexity index is 397. The summed E-state index contributed by atoms with van der Waals surface area (Å²) >= 11 is 0. The molecule has 0 amide bonds. The van der Waals surface area contributed by atoms with Crippen LogP contribution in [0.4, 0.5) is 0 Å². The number of rotatable bonds is 4. The molecule has 2 heteroatoms. The van der Waals surface area contributed by atoms with Crippen molar-refractivity contribution < 1.29 is 5.11 Å². The van der Waals surface area contributed by atoms with Crippen LogP contribution in [0.15, 0.2) is 30.3 Å². The first kappa shape index (κ1) is 14.5. The van der Waals surface area contributed by atoms with E-state index >= 15 is 0 Å². The van der Waals surface area contributed by atoms with Gasteiger partial charge in [0.1, 0.15) is 0 Å². The Morgan fingerprint density at radius 1 is 1.26 bits per heavy atom. The van der Waals surface area contributed by atoms with Crippen molar-refractivity contribution in [1.29, 1.82) is 0 Å². The predicted molar refractivity (Wildman–Crippen MR) is 80.1 cm³/mol. The van der Waals surface area contributed by atoms with Crippen molar-refractivity contribution in [2.75, 3.05) is 6.54 Å². The van der Waals surface area contributed by atoms with Gasteiger partial charge in [-0.05, 0) is 30.7 Å². The van der Waals surface area contributed by atoms with E-state index < -0.39 is 5.60 Å². The molecule has 0 spiro atoms. The highest BCUT2D eigenvalue weighted by molar-refractivity contribution is 5.21. The minimum Gasteiger partial charge on any atom is -0.384 e. The molecule has 1 saturated carbocycles. The van der Waals surface area contributed by atoms with Crippen LogP contribution in [0.5, 0.6) is 0 Å². The van der Waals surface area contributed by atoms with Crippen molar-refractivity contribution in [3.63, 3.8) is 0 Å². The molecule has 0 aliphatic heterocycles. The molecule has 1 fully saturated rings. The summed E-state index contributed by atoms with van der Waals surface area (Å²) in [4.78, 5) is 0. The molecule has 2 unspecified atom stereocenters. The van der Waals surface area contributed by atoms with E-state index in [2.05, 4.69) is 19.2 Å². The molecular formula is C17H27NO. The first-order valence-corrected chi connectivity index (χ1v) is 7.43. The zero-order valence-electron chi connectivity index (χ0n) is 12.4. The van der Waals surface area contributed by atoms with Gasteiger partial charge in [0.15, 0.2) is 0 Å². The maximum atomic E-state index is 10.6. The lowest BCUT2D eigenvalue weighted by Crippen LogP contribution is -2.48. The minimum absolute atomic E-state index is 0.338. The highest BCUT2D eigenvalue weighted by atomic mass is 16.3. The topological polar surface area (TPSA) is 32.3 Å². The molecule has 2 atom stereocenters. The molecule has 0 saturated heterocycles. The second-order valence-electron chi connectivity index (χ2n) is 6.81. The number of hydrogen-bond donors (Lipinski definition) is 2. The monoisotopic (exact) mass is 261 g/mol. The molecule has 0 heterocycles. The van der Waals surface area contributed by atoms with Gasteiger partial charge < -0.3 is 10.4 Å². The highest BCUT2D eigenvalue weighted by Gasteiger charge is 2.33. The lowest BCUT2D eigenvalue weighted by molar-refractivity contribution is 0.0423. The largest absolute Gasteiger partial charge is 0.384 e. The van der Waals surface area contributed by atoms with Crippen LogP contribution in [0, 0.1) is 5.41 Å². The Morgan fingerprint density at radius 3 is 2.58 bits per heavy atom. The van der Waals surface area contributed by atoms with Gasteiger partial charge in [-0.25, -0.2) is 0 Å². The molecule has 1 aromatic rings. The Labute approximate surface area is 117 Å². The lowest BCUT2D eigenvalue weighted by Gasteiger charge is -2.40. The van der Waals surface area contributed by atoms with Gasteiger partial charge in [0.05, 0.1) is 5.60 Å². The third-order valence-corrected chi connectivity index (χ3v) is 4.60. The van der Waals surface area contributed by atoms with Gasteiger partial charge in [0.25, 0.3) is 0 Å². The molecule has 19 heavy (non-hydrogen) atoms. The van der Waals surface area contributed by atoms with Gasteiger partial charge in [0.2, 0.25) is 0 Å². The molecule has 0 radical (unpaired) electrons. The van der Waals surface area contributed by atoms with E-state index in [1.165, 1.54) is 25.7 Å². The van der Waals surface area contributed by atoms with Crippen molar-refractivity contribution in [2.45, 2.75) is 58.1 Å². The first-order chi connectivity index (χ1) is 8.92. The summed E-state index contributed by atoms with van der Waals surface area (Å²) in [5.41, 5.74) is 0.524. The van der Waals surface area contributed by atoms with Crippen molar-refractivity contribution in [3.8, 4) is 0 Å². The summed E-state index contributed by atoms with van der Waals surface area (Å²) in [5.74, 6) is 0. The SMILES string of the molecule is CC(O)(CNC1CCCCC1(C)C)c1ccccc1. The van der Waals surface area contributed by atoms with E-state index in [0.717, 1.165) is 5.56 Å². The molecule has 0 bridgehead atoms. The summed E-state index contributed by atoms with van der Waals surface area (Å²) < 4.78 is 0. The highest BCUT2D eigenvalue weighted by Crippen LogP contribution is 2.35. The zero-order valence-corrected chi connectivity index (χ0v) is 12.4. The summed E-state index contributed by atoms with van der Waals surface area (Å²) in [6.45, 7) is 7.18. The zero-order chi connectivity index (χ0) is 13.9. The second-order valence-corrected chi connectivity index (χ2v) is 6.81. The third kappa shape index (κ3) is 3.58. The number of benzene rings is 1. The molecule has 1 aliphatic carbocycles. The van der Waals surface area contributed by atoms with E-state index in [1.54, 1.807) is 0 Å². The lowest BCUT2D eigenvalue weighted by atomic mass is 9.73. The summed E-state index contributed by atoms with van der Waals surface area (Å²) in [6.07, 6.45) is 5.13. The van der Waals surface area contributed by atoms with E-state index in [4.69, 9.17) is 0 Å². The molecular weight excluding hydrogens is 234 g/mol. The quantitative estimate of drug-likeness (QED) is 0.870. The number of hydrogen-bond acceptors (Lipinski definition) is 2. The molecule has 2 N–H and O–H groups in total. The maximum Gasteiger partial charge on any atom is 0.0992 e. The Morgan fingerprint density at radius 2 is 1.95 bits per heavy atom. The molecule has 1 aliphatic rings. The van der Waals surface area contributed by atoms with Gasteiger partial charge in [-0.2, -0.15) is 0 Å². The van der Waals surface area contributed by atoms with Crippen molar-refractivity contribution in [2.24, 2.45) is 5.41 Å². The Hall–Kier alpha value is -0.860. The fourth-order valence-electron chi connectivity index (χ4n) is 3.09. The van der Waals surface area contributed by atoms with Crippen LogP contribution in [0.25, 0.3) is 0 Å². The first-order valence-electron chi connectivity index (χ1n) is 7.43. The van der Waals surface area contributed by atoms with Crippen molar-refractivity contribution in [1.82, 2.24) is 5.32 Å². The van der Waals surface area contributed by atoms with Gasteiger partial charge in [-0.1, -0.05) is 57.0 Å². The number of aliphatic hydroxyl groups is 1. The average molecular weight is 261 g/mol. The van der Waals surface area contributed by atoms with Crippen LogP contribution in [0.2, 0.25) is 0 Å². The molecule has 2 rings (SSSR count). The van der Waals surface area contributed by atoms with Crippen LogP contribution in [-0.2, 0) is 5.60 Å². The van der Waals surface area contributed by atoms with E-state index in [0.29, 0.717) is 18.0 Å². The van der Waals surface area contributed by atoms with Crippen LogP contribution >= 0.6 is 0 Å². The van der Waals surface area contributed by atoms with Gasteiger partial charge in [-0.3, -0.25) is 0 Å². The van der Waals surface area contributed by atoms with Gasteiger partial charge in [-0.15, -0.1) is 0 Å². The van der Waals surface area contributed by atoms with Gasteiger partial charge in [0, 0.05) is 12.6 Å². The van der Waals surface area contributed by atoms with Crippen molar-refractivity contribution in [3.05, 3.63) is 35.9 Å². The van der Waals surface area contributed by atoms with E-state index in [-0.39, 0.29) is 0 Å². The second kappa shape index (κ2) is 5.64. The standard InChI is InChI=1S/C17H27NO/c1-16(2)12-8-7-11-15(16)18-13-17(3,19)14-9-5-4-6-10-14/h4-6,9-10,15,18-19H,7-8,11-13H2,1-3H3.